The molecule has 166 valence electrons. The fourth-order valence-corrected chi connectivity index (χ4v) is 5.24. The molecule has 0 N–H and O–H groups in total. The van der Waals surface area contributed by atoms with Crippen LogP contribution in [-0.4, -0.2) is 6.11 Å². The van der Waals surface area contributed by atoms with Gasteiger partial charge in [0.25, 0.3) is 0 Å². The topological polar surface area (TPSA) is 9.23 Å². The normalized spacial score (nSPS) is 28.4. The molecular weight excluding hydrogens is 378 g/mol. The Hall–Kier alpha value is -1.48. The molecule has 2 saturated carbocycles. The lowest BCUT2D eigenvalue weighted by Crippen LogP contribution is -2.26. The summed E-state index contributed by atoms with van der Waals surface area (Å²) >= 11 is 0. The third-order valence-corrected chi connectivity index (χ3v) is 7.02. The van der Waals surface area contributed by atoms with Crippen LogP contribution in [0.25, 0.3) is 0 Å². The van der Waals surface area contributed by atoms with E-state index in [1.165, 1.54) is 31.2 Å². The van der Waals surface area contributed by atoms with Crippen LogP contribution >= 0.6 is 0 Å². The Balaban J connectivity index is 1.43. The van der Waals surface area contributed by atoms with Gasteiger partial charge in [-0.1, -0.05) is 48.6 Å². The molecule has 2 fully saturated rings. The summed E-state index contributed by atoms with van der Waals surface area (Å²) in [5.74, 6) is 1.96. The van der Waals surface area contributed by atoms with E-state index in [2.05, 4.69) is 43.4 Å². The summed E-state index contributed by atoms with van der Waals surface area (Å²) in [6.45, 7) is 4.09. The molecule has 0 saturated heterocycles. The summed E-state index contributed by atoms with van der Waals surface area (Å²) < 4.78 is 33.8. The highest BCUT2D eigenvalue weighted by Crippen LogP contribution is 2.38. The van der Waals surface area contributed by atoms with Gasteiger partial charge in [-0.15, -0.1) is 0 Å². The van der Waals surface area contributed by atoms with Crippen molar-refractivity contribution in [3.8, 4) is 0 Å². The molecule has 0 atom stereocenters. The van der Waals surface area contributed by atoms with Crippen LogP contribution in [-0.2, 0) is 11.3 Å². The summed E-state index contributed by atoms with van der Waals surface area (Å²) in [6, 6.07) is 8.15. The van der Waals surface area contributed by atoms with Crippen molar-refractivity contribution in [1.82, 2.24) is 0 Å². The Morgan fingerprint density at radius 1 is 0.833 bits per heavy atom. The van der Waals surface area contributed by atoms with Crippen molar-refractivity contribution in [3.63, 3.8) is 0 Å². The molecule has 30 heavy (non-hydrogen) atoms. The van der Waals surface area contributed by atoms with Gasteiger partial charge in [0.05, 0.1) is 6.61 Å². The fraction of sp³-hybridized carbons (Fsp3) is 0.630. The average molecular weight is 417 g/mol. The first-order valence-electron chi connectivity index (χ1n) is 11.9. The first kappa shape index (κ1) is 23.2. The molecule has 2 aliphatic carbocycles. The number of allylic oxidation sites excluding steroid dienone is 4. The van der Waals surface area contributed by atoms with Crippen LogP contribution in [0.5, 0.6) is 0 Å². The maximum Gasteiger partial charge on any atom is 0.356 e. The molecule has 1 aromatic rings. The van der Waals surface area contributed by atoms with E-state index in [4.69, 9.17) is 4.74 Å². The first-order chi connectivity index (χ1) is 14.5. The van der Waals surface area contributed by atoms with Gasteiger partial charge in [0, 0.05) is 6.42 Å². The van der Waals surface area contributed by atoms with Crippen molar-refractivity contribution >= 4 is 0 Å². The minimum Gasteiger partial charge on any atom is -0.316 e. The van der Waals surface area contributed by atoms with Crippen LogP contribution < -0.4 is 0 Å². The third-order valence-electron chi connectivity index (χ3n) is 7.02. The molecule has 0 unspecified atom stereocenters. The smallest absolute Gasteiger partial charge is 0.316 e. The summed E-state index contributed by atoms with van der Waals surface area (Å²) in [5.41, 5.74) is 2.17. The van der Waals surface area contributed by atoms with E-state index < -0.39 is 6.11 Å². The van der Waals surface area contributed by atoms with Gasteiger partial charge >= 0.3 is 6.11 Å². The Labute approximate surface area is 181 Å². The zero-order valence-corrected chi connectivity index (χ0v) is 18.7. The Bertz CT molecular complexity index is 675. The molecule has 0 aliphatic heterocycles. The average Bonchev–Trinajstić information content (AvgIpc) is 2.75. The minimum atomic E-state index is -3.04. The second-order valence-corrected chi connectivity index (χ2v) is 9.32. The van der Waals surface area contributed by atoms with E-state index in [0.29, 0.717) is 11.8 Å². The van der Waals surface area contributed by atoms with Gasteiger partial charge < -0.3 is 4.74 Å². The lowest BCUT2D eigenvalue weighted by atomic mass is 9.78. The van der Waals surface area contributed by atoms with Gasteiger partial charge in [-0.05, 0) is 100 Å². The van der Waals surface area contributed by atoms with Crippen molar-refractivity contribution in [2.75, 3.05) is 0 Å². The highest BCUT2D eigenvalue weighted by atomic mass is 19.3. The van der Waals surface area contributed by atoms with Gasteiger partial charge in [-0.2, -0.15) is 8.78 Å². The van der Waals surface area contributed by atoms with Gasteiger partial charge in [-0.3, -0.25) is 0 Å². The Kier molecular flexibility index (Phi) is 8.68. The van der Waals surface area contributed by atoms with Crippen LogP contribution in [0.15, 0.2) is 48.6 Å². The van der Waals surface area contributed by atoms with Crippen molar-refractivity contribution < 1.29 is 13.5 Å². The van der Waals surface area contributed by atoms with E-state index in [1.807, 2.05) is 19.1 Å². The van der Waals surface area contributed by atoms with Gasteiger partial charge in [-0.25, -0.2) is 0 Å². The zero-order valence-electron chi connectivity index (χ0n) is 18.7. The molecule has 0 spiro atoms. The molecule has 0 radical (unpaired) electrons. The largest absolute Gasteiger partial charge is 0.356 e. The second kappa shape index (κ2) is 11.2. The summed E-state index contributed by atoms with van der Waals surface area (Å²) in [5, 5.41) is 0. The molecule has 0 aromatic heterocycles. The molecule has 3 heteroatoms. The van der Waals surface area contributed by atoms with Crippen molar-refractivity contribution in [2.45, 2.75) is 90.3 Å². The van der Waals surface area contributed by atoms with Gasteiger partial charge in [0.15, 0.2) is 0 Å². The highest BCUT2D eigenvalue weighted by molar-refractivity contribution is 5.25. The number of ether oxygens (including phenoxy) is 1. The molecule has 1 nitrogen and oxygen atoms in total. The van der Waals surface area contributed by atoms with Crippen LogP contribution in [0, 0.1) is 17.8 Å². The zero-order chi connectivity index (χ0) is 21.4. The van der Waals surface area contributed by atoms with Crippen LogP contribution in [0.3, 0.4) is 0 Å². The monoisotopic (exact) mass is 416 g/mol. The van der Waals surface area contributed by atoms with E-state index in [9.17, 15) is 8.78 Å². The molecule has 0 bridgehead atoms. The van der Waals surface area contributed by atoms with Gasteiger partial charge in [0.2, 0.25) is 0 Å². The van der Waals surface area contributed by atoms with E-state index in [-0.39, 0.29) is 18.9 Å². The molecule has 0 amide bonds. The van der Waals surface area contributed by atoms with Crippen molar-refractivity contribution in [2.24, 2.45) is 17.8 Å². The highest BCUT2D eigenvalue weighted by Gasteiger charge is 2.35. The lowest BCUT2D eigenvalue weighted by Gasteiger charge is -2.29. The number of rotatable bonds is 8. The number of halogens is 2. The molecule has 0 heterocycles. The number of alkyl halides is 2. The van der Waals surface area contributed by atoms with Crippen molar-refractivity contribution in [1.29, 1.82) is 0 Å². The Morgan fingerprint density at radius 2 is 1.37 bits per heavy atom. The number of hydrogen-bond donors (Lipinski definition) is 0. The third kappa shape index (κ3) is 7.04. The first-order valence-corrected chi connectivity index (χ1v) is 11.9. The fourth-order valence-electron chi connectivity index (χ4n) is 5.24. The Morgan fingerprint density at radius 3 is 1.90 bits per heavy atom. The van der Waals surface area contributed by atoms with Crippen LogP contribution in [0.4, 0.5) is 8.78 Å². The maximum absolute atomic E-state index is 14.4. The summed E-state index contributed by atoms with van der Waals surface area (Å²) in [6.07, 6.45) is 14.2. The molecular formula is C27H38F2O. The van der Waals surface area contributed by atoms with Gasteiger partial charge in [0.1, 0.15) is 0 Å². The maximum atomic E-state index is 14.4. The number of hydrogen-bond acceptors (Lipinski definition) is 1. The van der Waals surface area contributed by atoms with Crippen LogP contribution in [0.2, 0.25) is 0 Å². The SMILES string of the molecule is CC=CC1CCC(CC(F)(F)OCc2ccc(C3CCC(C=CC)CC3)cc2)CC1. The van der Waals surface area contributed by atoms with Crippen LogP contribution in [0.1, 0.15) is 88.7 Å². The summed E-state index contributed by atoms with van der Waals surface area (Å²) in [4.78, 5) is 0. The molecule has 3 rings (SSSR count). The van der Waals surface area contributed by atoms with E-state index >= 15 is 0 Å². The molecule has 1 aromatic carbocycles. The standard InChI is InChI=1S/C27H38F2O/c1-3-5-21-7-9-23(10-8-21)19-27(28,29)30-20-24-13-17-26(18-14-24)25-15-11-22(6-4-2)12-16-25/h3-6,13-14,17-18,21-23,25H,7-12,15-16,19-20H2,1-2H3. The predicted molar refractivity (Wildman–Crippen MR) is 121 cm³/mol. The predicted octanol–water partition coefficient (Wildman–Crippen LogP) is 8.42. The van der Waals surface area contributed by atoms with Crippen molar-refractivity contribution in [3.05, 3.63) is 59.7 Å². The number of benzene rings is 1. The molecule has 2 aliphatic rings. The second-order valence-electron chi connectivity index (χ2n) is 9.32. The summed E-state index contributed by atoms with van der Waals surface area (Å²) in [7, 11) is 0. The lowest BCUT2D eigenvalue weighted by molar-refractivity contribution is -0.256. The van der Waals surface area contributed by atoms with E-state index in [0.717, 1.165) is 37.2 Å². The van der Waals surface area contributed by atoms with E-state index in [1.54, 1.807) is 0 Å². The quantitative estimate of drug-likeness (QED) is 0.386. The minimum absolute atomic E-state index is 0.0186.